The van der Waals surface area contributed by atoms with Gasteiger partial charge in [0, 0.05) is 26.7 Å². The minimum absolute atomic E-state index is 0.127. The Morgan fingerprint density at radius 3 is 2.27 bits per heavy atom. The molecule has 2 N–H and O–H groups in total. The lowest BCUT2D eigenvalue weighted by Gasteiger charge is -2.10. The maximum Gasteiger partial charge on any atom is 0.573 e. The van der Waals surface area contributed by atoms with Crippen LogP contribution in [0.1, 0.15) is 21.7 Å². The molecule has 1 amide bonds. The molecule has 0 saturated carbocycles. The molecule has 0 radical (unpaired) electrons. The van der Waals surface area contributed by atoms with Gasteiger partial charge in [-0.3, -0.25) is 9.48 Å². The molecule has 9 nitrogen and oxygen atoms in total. The third-order valence-corrected chi connectivity index (χ3v) is 6.10. The van der Waals surface area contributed by atoms with E-state index in [4.69, 9.17) is 28.3 Å². The summed E-state index contributed by atoms with van der Waals surface area (Å²) in [7, 11) is 0. The van der Waals surface area contributed by atoms with Crippen molar-refractivity contribution in [3.8, 4) is 28.3 Å². The fourth-order valence-corrected chi connectivity index (χ4v) is 4.42. The summed E-state index contributed by atoms with van der Waals surface area (Å²) in [4.78, 5) is 12.5. The van der Waals surface area contributed by atoms with E-state index in [2.05, 4.69) is 30.7 Å². The first kappa shape index (κ1) is 27.2. The van der Waals surface area contributed by atoms with Gasteiger partial charge in [0.05, 0.1) is 24.5 Å². The number of alkyl halides is 3. The number of nitrogens with zero attached hydrogens (tertiary/aromatic N) is 5. The molecule has 2 aromatic heterocycles. The summed E-state index contributed by atoms with van der Waals surface area (Å²) in [6.07, 6.45) is -4.79. The number of ether oxygens (including phenoxy) is 1. The Kier molecular flexibility index (Phi) is 7.71. The molecule has 0 unspecified atom stereocenters. The topological polar surface area (TPSA) is 111 Å². The van der Waals surface area contributed by atoms with Crippen LogP contribution in [0.3, 0.4) is 0 Å². The second kappa shape index (κ2) is 11.4. The largest absolute Gasteiger partial charge is 0.573 e. The standard InChI is InChI=1S/C26H18Cl2F3N7O2/c27-19-9-18(10-20(28)11-19)23-12-22(16-5-7-21(8-6-16)40-26(29,30)31)35-38(23)14-15-1-3-17(4-2-15)25(39)32-13-24-33-36-37-34-24/h1-12H,13-14H2,(H,32,39)(H,33,34,36,37). The summed E-state index contributed by atoms with van der Waals surface area (Å²) >= 11 is 12.5. The Morgan fingerprint density at radius 2 is 1.65 bits per heavy atom. The normalized spacial score (nSPS) is 11.4. The number of rotatable bonds is 8. The van der Waals surface area contributed by atoms with Crippen LogP contribution in [-0.2, 0) is 13.1 Å². The molecule has 0 aliphatic carbocycles. The van der Waals surface area contributed by atoms with Gasteiger partial charge in [0.1, 0.15) is 5.75 Å². The number of H-pyrrole nitrogens is 1. The molecule has 0 atom stereocenters. The molecule has 0 spiro atoms. The lowest BCUT2D eigenvalue weighted by molar-refractivity contribution is -0.274. The van der Waals surface area contributed by atoms with E-state index < -0.39 is 6.36 Å². The van der Waals surface area contributed by atoms with E-state index in [1.54, 1.807) is 53.2 Å². The summed E-state index contributed by atoms with van der Waals surface area (Å²) in [5.41, 5.74) is 3.75. The van der Waals surface area contributed by atoms with E-state index in [1.807, 2.05) is 0 Å². The maximum absolute atomic E-state index is 12.6. The van der Waals surface area contributed by atoms with E-state index in [9.17, 15) is 18.0 Å². The summed E-state index contributed by atoms with van der Waals surface area (Å²) in [5, 5.41) is 21.6. The number of halogens is 5. The van der Waals surface area contributed by atoms with Crippen molar-refractivity contribution in [2.24, 2.45) is 0 Å². The van der Waals surface area contributed by atoms with Gasteiger partial charge in [0.15, 0.2) is 5.82 Å². The van der Waals surface area contributed by atoms with E-state index in [-0.39, 0.29) is 18.2 Å². The van der Waals surface area contributed by atoms with Crippen molar-refractivity contribution in [1.82, 2.24) is 35.7 Å². The number of aromatic nitrogens is 6. The van der Waals surface area contributed by atoms with E-state index in [1.165, 1.54) is 24.3 Å². The van der Waals surface area contributed by atoms with Crippen molar-refractivity contribution in [2.75, 3.05) is 0 Å². The first-order valence-electron chi connectivity index (χ1n) is 11.6. The van der Waals surface area contributed by atoms with Gasteiger partial charge in [0.2, 0.25) is 0 Å². The van der Waals surface area contributed by atoms with Crippen LogP contribution in [0.5, 0.6) is 5.75 Å². The molecule has 5 aromatic rings. The van der Waals surface area contributed by atoms with Crippen LogP contribution in [0.2, 0.25) is 10.0 Å². The Balaban J connectivity index is 1.40. The predicted octanol–water partition coefficient (Wildman–Crippen LogP) is 5.91. The Morgan fingerprint density at radius 1 is 0.950 bits per heavy atom. The van der Waals surface area contributed by atoms with Crippen molar-refractivity contribution in [3.63, 3.8) is 0 Å². The van der Waals surface area contributed by atoms with Crippen molar-refractivity contribution >= 4 is 29.1 Å². The second-order valence-electron chi connectivity index (χ2n) is 8.51. The lowest BCUT2D eigenvalue weighted by Crippen LogP contribution is -2.23. The van der Waals surface area contributed by atoms with Crippen LogP contribution in [-0.4, -0.2) is 42.7 Å². The van der Waals surface area contributed by atoms with E-state index >= 15 is 0 Å². The molecule has 0 aliphatic rings. The Labute approximate surface area is 234 Å². The number of aromatic amines is 1. The Hall–Kier alpha value is -4.42. The lowest BCUT2D eigenvalue weighted by atomic mass is 10.1. The molecule has 0 saturated heterocycles. The number of hydrogen-bond donors (Lipinski definition) is 2. The monoisotopic (exact) mass is 587 g/mol. The molecular weight excluding hydrogens is 570 g/mol. The highest BCUT2D eigenvalue weighted by Crippen LogP contribution is 2.32. The van der Waals surface area contributed by atoms with Crippen molar-refractivity contribution < 1.29 is 22.7 Å². The molecule has 2 heterocycles. The van der Waals surface area contributed by atoms with Crippen LogP contribution in [0.25, 0.3) is 22.5 Å². The first-order valence-corrected chi connectivity index (χ1v) is 12.4. The summed E-state index contributed by atoms with van der Waals surface area (Å²) in [6.45, 7) is 0.446. The average Bonchev–Trinajstić information content (AvgIpc) is 3.57. The van der Waals surface area contributed by atoms with E-state index in [0.29, 0.717) is 50.5 Å². The number of tetrazole rings is 1. The zero-order chi connectivity index (χ0) is 28.3. The number of amides is 1. The van der Waals surface area contributed by atoms with Gasteiger partial charge < -0.3 is 10.1 Å². The average molecular weight is 588 g/mol. The molecule has 14 heteroatoms. The summed E-state index contributed by atoms with van der Waals surface area (Å²) in [6, 6.07) is 19.3. The number of hydrogen-bond acceptors (Lipinski definition) is 6. The molecule has 204 valence electrons. The number of nitrogens with one attached hydrogen (secondary N) is 2. The maximum atomic E-state index is 12.6. The van der Waals surface area contributed by atoms with Gasteiger partial charge in [-0.15, -0.1) is 23.4 Å². The fourth-order valence-electron chi connectivity index (χ4n) is 3.89. The summed E-state index contributed by atoms with van der Waals surface area (Å²) in [5.74, 6) is -0.278. The third-order valence-electron chi connectivity index (χ3n) is 5.67. The smallest absolute Gasteiger partial charge is 0.406 e. The van der Waals surface area contributed by atoms with Crippen molar-refractivity contribution in [3.05, 3.63) is 99.8 Å². The quantitative estimate of drug-likeness (QED) is 0.233. The van der Waals surface area contributed by atoms with Crippen LogP contribution in [0, 0.1) is 0 Å². The first-order chi connectivity index (χ1) is 19.1. The molecule has 0 fully saturated rings. The molecule has 0 aliphatic heterocycles. The number of carbonyl (C=O) groups excluding carboxylic acids is 1. The van der Waals surface area contributed by atoms with Crippen LogP contribution in [0.4, 0.5) is 13.2 Å². The highest BCUT2D eigenvalue weighted by molar-refractivity contribution is 6.35. The van der Waals surface area contributed by atoms with Crippen LogP contribution in [0.15, 0.2) is 72.8 Å². The molecule has 40 heavy (non-hydrogen) atoms. The highest BCUT2D eigenvalue weighted by atomic mass is 35.5. The van der Waals surface area contributed by atoms with Gasteiger partial charge in [-0.2, -0.15) is 10.3 Å². The summed E-state index contributed by atoms with van der Waals surface area (Å²) < 4.78 is 43.4. The molecule has 5 rings (SSSR count). The third kappa shape index (κ3) is 6.77. The van der Waals surface area contributed by atoms with Gasteiger partial charge in [-0.05, 0) is 66.2 Å². The van der Waals surface area contributed by atoms with Crippen molar-refractivity contribution in [2.45, 2.75) is 19.5 Å². The SMILES string of the molecule is O=C(NCc1nn[nH]n1)c1ccc(Cn2nc(-c3ccc(OC(F)(F)F)cc3)cc2-c2cc(Cl)cc(Cl)c2)cc1. The van der Waals surface area contributed by atoms with Crippen molar-refractivity contribution in [1.29, 1.82) is 0 Å². The molecule has 3 aromatic carbocycles. The molecule has 0 bridgehead atoms. The fraction of sp³-hybridized carbons (Fsp3) is 0.115. The van der Waals surface area contributed by atoms with Gasteiger partial charge in [-0.25, -0.2) is 0 Å². The zero-order valence-corrected chi connectivity index (χ0v) is 21.8. The number of benzene rings is 3. The Bertz CT molecular complexity index is 1600. The van der Waals surface area contributed by atoms with Crippen LogP contribution >= 0.6 is 23.2 Å². The van der Waals surface area contributed by atoms with Gasteiger partial charge >= 0.3 is 6.36 Å². The highest BCUT2D eigenvalue weighted by Gasteiger charge is 2.31. The van der Waals surface area contributed by atoms with E-state index in [0.717, 1.165) is 5.56 Å². The number of carbonyl (C=O) groups is 1. The zero-order valence-electron chi connectivity index (χ0n) is 20.3. The van der Waals surface area contributed by atoms with Crippen LogP contribution < -0.4 is 10.1 Å². The second-order valence-corrected chi connectivity index (χ2v) is 9.38. The van der Waals surface area contributed by atoms with Gasteiger partial charge in [-0.1, -0.05) is 40.5 Å². The minimum atomic E-state index is -4.79. The van der Waals surface area contributed by atoms with Gasteiger partial charge in [0.25, 0.3) is 5.91 Å². The molecular formula is C26H18Cl2F3N7O2. The minimum Gasteiger partial charge on any atom is -0.406 e. The predicted molar refractivity (Wildman–Crippen MR) is 141 cm³/mol.